The van der Waals surface area contributed by atoms with Gasteiger partial charge in [0.2, 0.25) is 11.9 Å². The molecule has 0 spiro atoms. The summed E-state index contributed by atoms with van der Waals surface area (Å²) in [5.41, 5.74) is 7.06. The second-order valence-corrected chi connectivity index (χ2v) is 9.90. The van der Waals surface area contributed by atoms with Crippen LogP contribution in [-0.4, -0.2) is 89.9 Å². The highest BCUT2D eigenvalue weighted by atomic mass is 35.5. The smallest absolute Gasteiger partial charge is 0.228 e. The number of nitrogens with zero attached hydrogens (tertiary/aromatic N) is 1. The van der Waals surface area contributed by atoms with Crippen LogP contribution in [-0.2, 0) is 33.6 Å². The number of rotatable bonds is 17. The molecule has 196 valence electrons. The second-order valence-electron chi connectivity index (χ2n) is 7.51. The van der Waals surface area contributed by atoms with E-state index < -0.39 is 9.84 Å². The molecule has 2 rings (SSSR count). The van der Waals surface area contributed by atoms with Crippen LogP contribution in [0.1, 0.15) is 12.1 Å². The van der Waals surface area contributed by atoms with Gasteiger partial charge in [-0.25, -0.2) is 13.4 Å². The van der Waals surface area contributed by atoms with E-state index in [0.717, 1.165) is 6.26 Å². The Morgan fingerprint density at radius 3 is 2.17 bits per heavy atom. The summed E-state index contributed by atoms with van der Waals surface area (Å²) in [6.07, 6.45) is 1.23. The number of nitrogens with one attached hydrogen (secondary N) is 2. The lowest BCUT2D eigenvalue weighted by molar-refractivity contribution is -0.117. The zero-order chi connectivity index (χ0) is 25.7. The Morgan fingerprint density at radius 2 is 1.60 bits per heavy atom. The number of hydrogen-bond donors (Lipinski definition) is 3. The van der Waals surface area contributed by atoms with Crippen molar-refractivity contribution in [1.82, 2.24) is 9.97 Å². The number of ether oxygens (including phenoxy) is 4. The van der Waals surface area contributed by atoms with Gasteiger partial charge >= 0.3 is 0 Å². The first kappa shape index (κ1) is 29.2. The lowest BCUT2D eigenvalue weighted by Gasteiger charge is -2.07. The predicted molar refractivity (Wildman–Crippen MR) is 132 cm³/mol. The molecule has 13 heteroatoms. The molecule has 0 bridgehead atoms. The quantitative estimate of drug-likeness (QED) is 0.258. The van der Waals surface area contributed by atoms with Crippen molar-refractivity contribution in [2.75, 3.05) is 71.0 Å². The molecule has 2 aromatic rings. The molecule has 0 aliphatic rings. The number of carbonyl (C=O) groups excluding carboxylic acids is 1. The normalized spacial score (nSPS) is 11.7. The monoisotopic (exact) mass is 532 g/mol. The fraction of sp³-hybridized carbons (Fsp3) is 0.545. The van der Waals surface area contributed by atoms with Crippen LogP contribution in [0.4, 0.5) is 5.95 Å². The standard InChI is InChI=1S/C22H33ClN4O7S/c1-16-21(17-3-4-18(23)19(15-17)35(2,29)30)27-22(25-16)26-20(28)5-7-31-9-11-33-13-14-34-12-10-32-8-6-24/h3-4,15H,5-14,24H2,1-2H3,(H2,25,26,27,28). The van der Waals surface area contributed by atoms with Gasteiger partial charge in [-0.2, -0.15) is 0 Å². The third kappa shape index (κ3) is 10.6. The predicted octanol–water partition coefficient (Wildman–Crippen LogP) is 1.80. The van der Waals surface area contributed by atoms with Gasteiger partial charge in [-0.05, 0) is 19.1 Å². The molecule has 1 amide bonds. The number of amides is 1. The van der Waals surface area contributed by atoms with Crippen molar-refractivity contribution < 1.29 is 32.2 Å². The second kappa shape index (κ2) is 15.1. The highest BCUT2D eigenvalue weighted by molar-refractivity contribution is 7.90. The van der Waals surface area contributed by atoms with Crippen LogP contribution < -0.4 is 11.1 Å². The van der Waals surface area contributed by atoms with E-state index in [1.54, 1.807) is 13.0 Å². The number of hydrogen-bond acceptors (Lipinski definition) is 9. The number of benzene rings is 1. The minimum Gasteiger partial charge on any atom is -0.379 e. The Hall–Kier alpha value is -2.06. The molecule has 4 N–H and O–H groups in total. The van der Waals surface area contributed by atoms with E-state index in [0.29, 0.717) is 69.7 Å². The minimum atomic E-state index is -3.49. The molecule has 0 unspecified atom stereocenters. The number of aromatic amines is 1. The average molecular weight is 533 g/mol. The number of aryl methyl sites for hydroxylation is 1. The number of sulfone groups is 1. The van der Waals surface area contributed by atoms with Crippen LogP contribution in [0, 0.1) is 6.92 Å². The maximum atomic E-state index is 12.2. The molecular weight excluding hydrogens is 500 g/mol. The van der Waals surface area contributed by atoms with E-state index in [2.05, 4.69) is 15.3 Å². The number of carbonyl (C=O) groups is 1. The molecule has 35 heavy (non-hydrogen) atoms. The molecule has 1 aromatic carbocycles. The van der Waals surface area contributed by atoms with Crippen LogP contribution in [0.25, 0.3) is 11.3 Å². The maximum Gasteiger partial charge on any atom is 0.228 e. The Morgan fingerprint density at radius 1 is 1.03 bits per heavy atom. The van der Waals surface area contributed by atoms with Gasteiger partial charge in [0.15, 0.2) is 9.84 Å². The third-order valence-corrected chi connectivity index (χ3v) is 6.18. The number of halogens is 1. The zero-order valence-electron chi connectivity index (χ0n) is 20.0. The van der Waals surface area contributed by atoms with Gasteiger partial charge in [0.1, 0.15) is 0 Å². The summed E-state index contributed by atoms with van der Waals surface area (Å²) >= 11 is 6.01. The number of H-pyrrole nitrogens is 1. The average Bonchev–Trinajstić information content (AvgIpc) is 3.16. The van der Waals surface area contributed by atoms with E-state index in [1.807, 2.05) is 0 Å². The number of aromatic nitrogens is 2. The van der Waals surface area contributed by atoms with E-state index in [4.69, 9.17) is 36.3 Å². The molecule has 0 saturated carbocycles. The Balaban J connectivity index is 1.67. The molecule has 0 atom stereocenters. The molecule has 1 heterocycles. The van der Waals surface area contributed by atoms with Gasteiger partial charge in [-0.3, -0.25) is 10.1 Å². The first-order chi connectivity index (χ1) is 16.7. The summed E-state index contributed by atoms with van der Waals surface area (Å²) < 4.78 is 45.2. The van der Waals surface area contributed by atoms with E-state index in [-0.39, 0.29) is 34.8 Å². The van der Waals surface area contributed by atoms with Crippen LogP contribution >= 0.6 is 11.6 Å². The van der Waals surface area contributed by atoms with Crippen molar-refractivity contribution in [2.24, 2.45) is 5.73 Å². The van der Waals surface area contributed by atoms with Crippen molar-refractivity contribution in [3.05, 3.63) is 28.9 Å². The molecule has 0 aliphatic heterocycles. The summed E-state index contributed by atoms with van der Waals surface area (Å²) in [6.45, 7) is 5.68. The number of imidazole rings is 1. The molecule has 1 aromatic heterocycles. The van der Waals surface area contributed by atoms with Crippen LogP contribution in [0.2, 0.25) is 5.02 Å². The van der Waals surface area contributed by atoms with Crippen molar-refractivity contribution in [2.45, 2.75) is 18.2 Å². The lowest BCUT2D eigenvalue weighted by Crippen LogP contribution is -2.17. The Bertz CT molecular complexity index is 1050. The summed E-state index contributed by atoms with van der Waals surface area (Å²) in [5.74, 6) is -0.0143. The van der Waals surface area contributed by atoms with Gasteiger partial charge in [0, 0.05) is 24.1 Å². The fourth-order valence-corrected chi connectivity index (χ4v) is 4.24. The minimum absolute atomic E-state index is 0.0197. The van der Waals surface area contributed by atoms with Gasteiger partial charge in [-0.15, -0.1) is 0 Å². The highest BCUT2D eigenvalue weighted by Crippen LogP contribution is 2.29. The summed E-state index contributed by atoms with van der Waals surface area (Å²) in [4.78, 5) is 19.6. The zero-order valence-corrected chi connectivity index (χ0v) is 21.5. The van der Waals surface area contributed by atoms with E-state index >= 15 is 0 Å². The topological polar surface area (TPSA) is 155 Å². The van der Waals surface area contributed by atoms with Crippen molar-refractivity contribution in [1.29, 1.82) is 0 Å². The molecule has 0 fully saturated rings. The molecular formula is C22H33ClN4O7S. The highest BCUT2D eigenvalue weighted by Gasteiger charge is 2.17. The van der Waals surface area contributed by atoms with Crippen LogP contribution in [0.15, 0.2) is 23.1 Å². The Kier molecular flexibility index (Phi) is 12.6. The molecule has 11 nitrogen and oxygen atoms in total. The van der Waals surface area contributed by atoms with Crippen LogP contribution in [0.3, 0.4) is 0 Å². The number of anilines is 1. The Labute approximate surface area is 210 Å². The first-order valence-electron chi connectivity index (χ1n) is 11.1. The summed E-state index contributed by atoms with van der Waals surface area (Å²) in [5, 5.41) is 2.82. The van der Waals surface area contributed by atoms with Gasteiger partial charge in [0.05, 0.1) is 74.9 Å². The van der Waals surface area contributed by atoms with Crippen LogP contribution in [0.5, 0.6) is 0 Å². The van der Waals surface area contributed by atoms with E-state index in [1.165, 1.54) is 12.1 Å². The van der Waals surface area contributed by atoms with E-state index in [9.17, 15) is 13.2 Å². The first-order valence-corrected chi connectivity index (χ1v) is 13.4. The fourth-order valence-electron chi connectivity index (χ4n) is 2.94. The SMILES string of the molecule is Cc1[nH]c(NC(=O)CCOCCOCCOCCOCCN)nc1-c1ccc(Cl)c(S(C)(=O)=O)c1. The molecule has 0 radical (unpaired) electrons. The van der Waals surface area contributed by atoms with Gasteiger partial charge in [0.25, 0.3) is 0 Å². The lowest BCUT2D eigenvalue weighted by atomic mass is 10.1. The third-order valence-electron chi connectivity index (χ3n) is 4.60. The summed E-state index contributed by atoms with van der Waals surface area (Å²) in [7, 11) is -3.49. The molecule has 0 saturated heterocycles. The van der Waals surface area contributed by atoms with Crippen molar-refractivity contribution >= 4 is 33.3 Å². The van der Waals surface area contributed by atoms with Gasteiger partial charge in [-0.1, -0.05) is 17.7 Å². The summed E-state index contributed by atoms with van der Waals surface area (Å²) in [6, 6.07) is 4.64. The van der Waals surface area contributed by atoms with Crippen molar-refractivity contribution in [3.8, 4) is 11.3 Å². The largest absolute Gasteiger partial charge is 0.379 e. The number of nitrogens with two attached hydrogens (primary N) is 1. The maximum absolute atomic E-state index is 12.2. The van der Waals surface area contributed by atoms with Crippen molar-refractivity contribution in [3.63, 3.8) is 0 Å². The molecule has 0 aliphatic carbocycles. The van der Waals surface area contributed by atoms with Gasteiger partial charge < -0.3 is 29.7 Å².